The zero-order valence-corrected chi connectivity index (χ0v) is 13.2. The third-order valence-corrected chi connectivity index (χ3v) is 4.12. The normalized spacial score (nSPS) is 30.3. The van der Waals surface area contributed by atoms with E-state index in [1.165, 1.54) is 0 Å². The van der Waals surface area contributed by atoms with Gasteiger partial charge in [-0.1, -0.05) is 0 Å². The monoisotopic (exact) mass is 297 g/mol. The van der Waals surface area contributed by atoms with Crippen molar-refractivity contribution in [2.24, 2.45) is 5.92 Å². The largest absolute Gasteiger partial charge is 0.377 e. The highest BCUT2D eigenvalue weighted by Gasteiger charge is 2.37. The number of nitrogens with one attached hydrogen (secondary N) is 2. The lowest BCUT2D eigenvalue weighted by Gasteiger charge is -2.38. The molecule has 6 heteroatoms. The molecule has 0 saturated carbocycles. The van der Waals surface area contributed by atoms with Crippen LogP contribution in [0, 0.1) is 5.92 Å². The first kappa shape index (κ1) is 16.2. The number of carbonyl (C=O) groups excluding carboxylic acids is 2. The number of hydrogen-bond acceptors (Lipinski definition) is 4. The summed E-state index contributed by atoms with van der Waals surface area (Å²) in [7, 11) is 0. The van der Waals surface area contributed by atoms with Crippen molar-refractivity contribution < 1.29 is 14.3 Å². The highest BCUT2D eigenvalue weighted by Crippen LogP contribution is 2.21. The Morgan fingerprint density at radius 3 is 2.81 bits per heavy atom. The van der Waals surface area contributed by atoms with Crippen LogP contribution in [0.1, 0.15) is 33.6 Å². The maximum Gasteiger partial charge on any atom is 0.245 e. The second-order valence-corrected chi connectivity index (χ2v) is 6.36. The number of hydrogen-bond donors (Lipinski definition) is 2. The topological polar surface area (TPSA) is 70.7 Å². The molecule has 3 atom stereocenters. The van der Waals surface area contributed by atoms with Gasteiger partial charge in [-0.3, -0.25) is 9.59 Å². The number of morpholine rings is 1. The molecule has 0 bridgehead atoms. The van der Waals surface area contributed by atoms with Crippen molar-refractivity contribution in [2.75, 3.05) is 26.3 Å². The average Bonchev–Trinajstić information content (AvgIpc) is 2.46. The van der Waals surface area contributed by atoms with Gasteiger partial charge in [-0.2, -0.15) is 0 Å². The fraction of sp³-hybridized carbons (Fsp3) is 0.867. The molecule has 2 fully saturated rings. The lowest BCUT2D eigenvalue weighted by Crippen LogP contribution is -2.58. The van der Waals surface area contributed by atoms with Crippen LogP contribution in [0.2, 0.25) is 0 Å². The van der Waals surface area contributed by atoms with Gasteiger partial charge in [0.25, 0.3) is 0 Å². The molecule has 2 aliphatic heterocycles. The van der Waals surface area contributed by atoms with Crippen LogP contribution in [0.15, 0.2) is 0 Å². The van der Waals surface area contributed by atoms with Gasteiger partial charge in [-0.05, 0) is 40.2 Å². The van der Waals surface area contributed by atoms with Gasteiger partial charge in [0, 0.05) is 24.5 Å². The summed E-state index contributed by atoms with van der Waals surface area (Å²) in [6, 6.07) is -0.0641. The van der Waals surface area contributed by atoms with Crippen molar-refractivity contribution in [2.45, 2.75) is 51.7 Å². The van der Waals surface area contributed by atoms with Gasteiger partial charge in [0.2, 0.25) is 11.8 Å². The number of carbonyl (C=O) groups is 2. The number of piperidine rings is 1. The Bertz CT molecular complexity index is 386. The van der Waals surface area contributed by atoms with Crippen LogP contribution in [0.5, 0.6) is 0 Å². The number of nitrogens with zero attached hydrogens (tertiary/aromatic N) is 1. The van der Waals surface area contributed by atoms with E-state index in [4.69, 9.17) is 4.74 Å². The molecule has 0 aromatic rings. The average molecular weight is 297 g/mol. The van der Waals surface area contributed by atoms with Crippen molar-refractivity contribution in [3.05, 3.63) is 0 Å². The maximum atomic E-state index is 12.8. The highest BCUT2D eigenvalue weighted by molar-refractivity contribution is 5.89. The predicted molar refractivity (Wildman–Crippen MR) is 79.8 cm³/mol. The molecule has 2 N–H and O–H groups in total. The summed E-state index contributed by atoms with van der Waals surface area (Å²) in [6.07, 6.45) is 1.69. The molecule has 3 unspecified atom stereocenters. The van der Waals surface area contributed by atoms with Crippen molar-refractivity contribution in [1.29, 1.82) is 0 Å². The van der Waals surface area contributed by atoms with Crippen molar-refractivity contribution in [3.8, 4) is 0 Å². The molecule has 2 saturated heterocycles. The van der Waals surface area contributed by atoms with Crippen molar-refractivity contribution in [1.82, 2.24) is 15.5 Å². The van der Waals surface area contributed by atoms with Gasteiger partial charge in [-0.25, -0.2) is 0 Å². The Kier molecular flexibility index (Phi) is 5.58. The fourth-order valence-corrected chi connectivity index (χ4v) is 3.06. The lowest BCUT2D eigenvalue weighted by atomic mass is 9.91. The fourth-order valence-electron chi connectivity index (χ4n) is 3.06. The molecule has 120 valence electrons. The van der Waals surface area contributed by atoms with E-state index >= 15 is 0 Å². The summed E-state index contributed by atoms with van der Waals surface area (Å²) in [5.74, 6) is 0.0179. The third kappa shape index (κ3) is 4.17. The Morgan fingerprint density at radius 1 is 1.38 bits per heavy atom. The van der Waals surface area contributed by atoms with Gasteiger partial charge in [-0.15, -0.1) is 0 Å². The zero-order valence-electron chi connectivity index (χ0n) is 13.2. The Balaban J connectivity index is 2.03. The molecule has 2 rings (SSSR count). The summed E-state index contributed by atoms with van der Waals surface area (Å²) in [4.78, 5) is 26.8. The van der Waals surface area contributed by atoms with Crippen LogP contribution < -0.4 is 10.6 Å². The summed E-state index contributed by atoms with van der Waals surface area (Å²) in [5, 5.41) is 6.24. The lowest BCUT2D eigenvalue weighted by molar-refractivity contribution is -0.152. The van der Waals surface area contributed by atoms with E-state index in [0.29, 0.717) is 25.8 Å². The summed E-state index contributed by atoms with van der Waals surface area (Å²) in [6.45, 7) is 8.12. The second kappa shape index (κ2) is 7.22. The van der Waals surface area contributed by atoms with E-state index < -0.39 is 6.04 Å². The van der Waals surface area contributed by atoms with Gasteiger partial charge in [0.05, 0.1) is 13.2 Å². The molecule has 0 aliphatic carbocycles. The molecule has 0 radical (unpaired) electrons. The first-order valence-corrected chi connectivity index (χ1v) is 7.91. The quantitative estimate of drug-likeness (QED) is 0.777. The Morgan fingerprint density at radius 2 is 2.14 bits per heavy atom. The molecule has 0 spiro atoms. The smallest absolute Gasteiger partial charge is 0.245 e. The Hall–Kier alpha value is -1.14. The van der Waals surface area contributed by atoms with E-state index in [1.54, 1.807) is 4.90 Å². The van der Waals surface area contributed by atoms with Gasteiger partial charge >= 0.3 is 0 Å². The first-order valence-electron chi connectivity index (χ1n) is 7.91. The summed E-state index contributed by atoms with van der Waals surface area (Å²) < 4.78 is 5.41. The molecule has 2 aliphatic rings. The first-order chi connectivity index (χ1) is 9.99. The van der Waals surface area contributed by atoms with E-state index in [2.05, 4.69) is 17.6 Å². The van der Waals surface area contributed by atoms with Crippen LogP contribution in [0.4, 0.5) is 0 Å². The minimum atomic E-state index is -0.487. The van der Waals surface area contributed by atoms with Crippen LogP contribution in [-0.2, 0) is 14.3 Å². The second-order valence-electron chi connectivity index (χ2n) is 6.36. The van der Waals surface area contributed by atoms with E-state index in [0.717, 1.165) is 19.4 Å². The van der Waals surface area contributed by atoms with Gasteiger partial charge in [0.1, 0.15) is 6.04 Å². The zero-order chi connectivity index (χ0) is 15.4. The van der Waals surface area contributed by atoms with Gasteiger partial charge < -0.3 is 20.3 Å². The van der Waals surface area contributed by atoms with Crippen LogP contribution in [-0.4, -0.2) is 61.1 Å². The van der Waals surface area contributed by atoms with Crippen molar-refractivity contribution >= 4 is 11.8 Å². The van der Waals surface area contributed by atoms with E-state index in [-0.39, 0.29) is 23.8 Å². The molecular weight excluding hydrogens is 270 g/mol. The number of amides is 2. The predicted octanol–water partition coefficient (Wildman–Crippen LogP) is 0.127. The molecule has 2 heterocycles. The Labute approximate surface area is 126 Å². The molecule has 6 nitrogen and oxygen atoms in total. The molecule has 21 heavy (non-hydrogen) atoms. The van der Waals surface area contributed by atoms with Crippen molar-refractivity contribution in [3.63, 3.8) is 0 Å². The maximum absolute atomic E-state index is 12.8. The van der Waals surface area contributed by atoms with Crippen LogP contribution in [0.25, 0.3) is 0 Å². The van der Waals surface area contributed by atoms with Crippen LogP contribution >= 0.6 is 0 Å². The summed E-state index contributed by atoms with van der Waals surface area (Å²) >= 11 is 0. The molecular formula is C15H27N3O3. The molecule has 0 aromatic carbocycles. The number of rotatable bonds is 3. The van der Waals surface area contributed by atoms with Gasteiger partial charge in [0.15, 0.2) is 0 Å². The standard InChI is InChI=1S/C15H27N3O3/c1-10(2)17-14(19)13-9-21-7-6-18(13)15(20)12-4-5-16-11(3)8-12/h10-13,16H,4-9H2,1-3H3,(H,17,19). The summed E-state index contributed by atoms with van der Waals surface area (Å²) in [5.41, 5.74) is 0. The van der Waals surface area contributed by atoms with E-state index in [1.807, 2.05) is 13.8 Å². The minimum Gasteiger partial charge on any atom is -0.377 e. The minimum absolute atomic E-state index is 0.0219. The SMILES string of the molecule is CC(C)NC(=O)C1COCCN1C(=O)C1CCNC(C)C1. The van der Waals surface area contributed by atoms with E-state index in [9.17, 15) is 9.59 Å². The number of ether oxygens (including phenoxy) is 1. The highest BCUT2D eigenvalue weighted by atomic mass is 16.5. The molecule has 2 amide bonds. The van der Waals surface area contributed by atoms with Crippen LogP contribution in [0.3, 0.4) is 0 Å². The molecule has 0 aromatic heterocycles. The third-order valence-electron chi connectivity index (χ3n) is 4.12.